The molecule has 8 heteroatoms. The SMILES string of the molecule is CC(=O)Nc1nc(C)c(-c2ccc(Cl)c(S(N)=O)c2)s1. The molecule has 3 N–H and O–H groups in total. The number of aromatic nitrogens is 1. The first kappa shape index (κ1) is 15.1. The van der Waals surface area contributed by atoms with Gasteiger partial charge in [-0.15, -0.1) is 0 Å². The number of nitrogens with two attached hydrogens (primary N) is 1. The molecule has 0 aliphatic rings. The minimum absolute atomic E-state index is 0.176. The topological polar surface area (TPSA) is 85.1 Å². The van der Waals surface area contributed by atoms with E-state index in [2.05, 4.69) is 10.3 Å². The summed E-state index contributed by atoms with van der Waals surface area (Å²) in [6, 6.07) is 5.13. The fourth-order valence-corrected chi connectivity index (χ4v) is 3.52. The Balaban J connectivity index is 2.46. The second kappa shape index (κ2) is 6.01. The molecule has 1 aromatic carbocycles. The van der Waals surface area contributed by atoms with Crippen LogP contribution in [0.4, 0.5) is 5.13 Å². The summed E-state index contributed by atoms with van der Waals surface area (Å²) in [4.78, 5) is 16.6. The van der Waals surface area contributed by atoms with Gasteiger partial charge >= 0.3 is 0 Å². The summed E-state index contributed by atoms with van der Waals surface area (Å²) in [7, 11) is -1.65. The minimum atomic E-state index is -1.65. The van der Waals surface area contributed by atoms with E-state index in [1.54, 1.807) is 18.2 Å². The van der Waals surface area contributed by atoms with Crippen molar-refractivity contribution in [2.75, 3.05) is 5.32 Å². The lowest BCUT2D eigenvalue weighted by molar-refractivity contribution is -0.114. The molecule has 106 valence electrons. The number of aryl methyl sites for hydroxylation is 1. The maximum absolute atomic E-state index is 11.4. The van der Waals surface area contributed by atoms with Crippen LogP contribution < -0.4 is 10.5 Å². The fraction of sp³-hybridized carbons (Fsp3) is 0.167. The first-order chi connectivity index (χ1) is 9.38. The van der Waals surface area contributed by atoms with E-state index in [0.29, 0.717) is 15.0 Å². The van der Waals surface area contributed by atoms with Crippen molar-refractivity contribution in [2.45, 2.75) is 18.7 Å². The van der Waals surface area contributed by atoms with Gasteiger partial charge in [0.15, 0.2) is 5.13 Å². The number of nitrogens with one attached hydrogen (secondary N) is 1. The molecule has 5 nitrogen and oxygen atoms in total. The quantitative estimate of drug-likeness (QED) is 0.907. The number of halogens is 1. The highest BCUT2D eigenvalue weighted by Gasteiger charge is 2.13. The zero-order valence-corrected chi connectivity index (χ0v) is 13.2. The molecule has 20 heavy (non-hydrogen) atoms. The van der Waals surface area contributed by atoms with Gasteiger partial charge in [-0.3, -0.25) is 4.79 Å². The number of rotatable bonds is 3. The molecule has 0 fully saturated rings. The van der Waals surface area contributed by atoms with Gasteiger partial charge in [-0.05, 0) is 24.6 Å². The van der Waals surface area contributed by atoms with Crippen LogP contribution >= 0.6 is 22.9 Å². The zero-order chi connectivity index (χ0) is 14.9. The van der Waals surface area contributed by atoms with Crippen LogP contribution in [-0.4, -0.2) is 15.1 Å². The molecule has 1 aromatic heterocycles. The molecule has 2 aromatic rings. The zero-order valence-electron chi connectivity index (χ0n) is 10.8. The Morgan fingerprint density at radius 1 is 1.50 bits per heavy atom. The summed E-state index contributed by atoms with van der Waals surface area (Å²) in [5.41, 5.74) is 1.59. The van der Waals surface area contributed by atoms with Gasteiger partial charge < -0.3 is 5.32 Å². The second-order valence-corrected chi connectivity index (χ2v) is 6.50. The van der Waals surface area contributed by atoms with Crippen molar-refractivity contribution >= 4 is 45.0 Å². The van der Waals surface area contributed by atoms with Crippen LogP contribution in [0.3, 0.4) is 0 Å². The number of thiazole rings is 1. The highest BCUT2D eigenvalue weighted by Crippen LogP contribution is 2.34. The van der Waals surface area contributed by atoms with Crippen LogP contribution in [0.15, 0.2) is 23.1 Å². The highest BCUT2D eigenvalue weighted by molar-refractivity contribution is 7.82. The van der Waals surface area contributed by atoms with Crippen molar-refractivity contribution in [3.63, 3.8) is 0 Å². The molecule has 1 amide bonds. The van der Waals surface area contributed by atoms with Crippen molar-refractivity contribution in [3.8, 4) is 10.4 Å². The average Bonchev–Trinajstić information content (AvgIpc) is 2.69. The molecular weight excluding hydrogens is 318 g/mol. The Hall–Kier alpha value is -1.28. The van der Waals surface area contributed by atoms with E-state index < -0.39 is 11.0 Å². The third kappa shape index (κ3) is 3.24. The first-order valence-corrected chi connectivity index (χ1v) is 8.00. The van der Waals surface area contributed by atoms with Gasteiger partial charge in [0, 0.05) is 6.92 Å². The molecule has 1 unspecified atom stereocenters. The van der Waals surface area contributed by atoms with Gasteiger partial charge in [0.1, 0.15) is 11.0 Å². The van der Waals surface area contributed by atoms with Gasteiger partial charge in [0.25, 0.3) is 0 Å². The van der Waals surface area contributed by atoms with Crippen LogP contribution in [0.2, 0.25) is 5.02 Å². The van der Waals surface area contributed by atoms with Gasteiger partial charge in [0.2, 0.25) is 5.91 Å². The van der Waals surface area contributed by atoms with Crippen molar-refractivity contribution in [2.24, 2.45) is 5.14 Å². The summed E-state index contributed by atoms with van der Waals surface area (Å²) in [5, 5.41) is 8.91. The number of hydrogen-bond donors (Lipinski definition) is 2. The van der Waals surface area contributed by atoms with Gasteiger partial charge in [-0.1, -0.05) is 29.0 Å². The maximum Gasteiger partial charge on any atom is 0.223 e. The maximum atomic E-state index is 11.4. The van der Waals surface area contributed by atoms with E-state index in [1.165, 1.54) is 18.3 Å². The summed E-state index contributed by atoms with van der Waals surface area (Å²) < 4.78 is 11.4. The van der Waals surface area contributed by atoms with Crippen molar-refractivity contribution in [1.29, 1.82) is 0 Å². The third-order valence-corrected chi connectivity index (χ3v) is 4.82. The molecular formula is C12H12ClN3O2S2. The second-order valence-electron chi connectivity index (χ2n) is 4.06. The predicted molar refractivity (Wildman–Crippen MR) is 82.2 cm³/mol. The highest BCUT2D eigenvalue weighted by atomic mass is 35.5. The Kier molecular flexibility index (Phi) is 4.54. The normalized spacial score (nSPS) is 12.2. The number of amides is 1. The first-order valence-electron chi connectivity index (χ1n) is 5.59. The van der Waals surface area contributed by atoms with E-state index >= 15 is 0 Å². The lowest BCUT2D eigenvalue weighted by atomic mass is 10.2. The molecule has 0 spiro atoms. The summed E-state index contributed by atoms with van der Waals surface area (Å²) in [6.07, 6.45) is 0. The van der Waals surface area contributed by atoms with Gasteiger partial charge in [-0.25, -0.2) is 14.3 Å². The predicted octanol–water partition coefficient (Wildman–Crippen LogP) is 2.71. The lowest BCUT2D eigenvalue weighted by Gasteiger charge is -2.04. The molecule has 0 saturated carbocycles. The summed E-state index contributed by atoms with van der Waals surface area (Å²) in [5.74, 6) is -0.176. The molecule has 0 radical (unpaired) electrons. The molecule has 0 saturated heterocycles. The van der Waals surface area contributed by atoms with Crippen molar-refractivity contribution < 1.29 is 9.00 Å². The number of anilines is 1. The smallest absolute Gasteiger partial charge is 0.223 e. The summed E-state index contributed by atoms with van der Waals surface area (Å²) >= 11 is 7.29. The van der Waals surface area contributed by atoms with Crippen LogP contribution in [0, 0.1) is 6.92 Å². The number of carbonyl (C=O) groups excluding carboxylic acids is 1. The fourth-order valence-electron chi connectivity index (χ4n) is 1.67. The Labute approximate surface area is 127 Å². The largest absolute Gasteiger partial charge is 0.302 e. The standard InChI is InChI=1S/C12H12ClN3O2S2/c1-6-11(19-12(15-6)16-7(2)17)8-3-4-9(13)10(5-8)20(14)18/h3-5H,14H2,1-2H3,(H,15,16,17). The Morgan fingerprint density at radius 3 is 2.80 bits per heavy atom. The van der Waals surface area contributed by atoms with Crippen LogP contribution in [-0.2, 0) is 15.8 Å². The average molecular weight is 330 g/mol. The van der Waals surface area contributed by atoms with Crippen molar-refractivity contribution in [1.82, 2.24) is 4.98 Å². The number of nitrogens with zero attached hydrogens (tertiary/aromatic N) is 1. The number of hydrogen-bond acceptors (Lipinski definition) is 4. The van der Waals surface area contributed by atoms with Gasteiger partial charge in [0.05, 0.1) is 20.5 Å². The van der Waals surface area contributed by atoms with E-state index in [4.69, 9.17) is 16.7 Å². The molecule has 0 aliphatic carbocycles. The Bertz CT molecular complexity index is 700. The van der Waals surface area contributed by atoms with Crippen LogP contribution in [0.1, 0.15) is 12.6 Å². The monoisotopic (exact) mass is 329 g/mol. The van der Waals surface area contributed by atoms with Gasteiger partial charge in [-0.2, -0.15) is 0 Å². The number of benzene rings is 1. The van der Waals surface area contributed by atoms with Crippen molar-refractivity contribution in [3.05, 3.63) is 28.9 Å². The molecule has 0 bridgehead atoms. The van der Waals surface area contributed by atoms with E-state index in [9.17, 15) is 9.00 Å². The van der Waals surface area contributed by atoms with E-state index in [0.717, 1.165) is 16.1 Å². The molecule has 0 aliphatic heterocycles. The van der Waals surface area contributed by atoms with E-state index in [1.807, 2.05) is 6.92 Å². The van der Waals surface area contributed by atoms with E-state index in [-0.39, 0.29) is 5.91 Å². The number of carbonyl (C=O) groups is 1. The lowest BCUT2D eigenvalue weighted by Crippen LogP contribution is -2.04. The molecule has 1 atom stereocenters. The Morgan fingerprint density at radius 2 is 2.20 bits per heavy atom. The summed E-state index contributed by atoms with van der Waals surface area (Å²) in [6.45, 7) is 3.26. The molecule has 1 heterocycles. The molecule has 2 rings (SSSR count). The van der Waals surface area contributed by atoms with Crippen LogP contribution in [0.5, 0.6) is 0 Å². The minimum Gasteiger partial charge on any atom is -0.302 e. The van der Waals surface area contributed by atoms with Crippen LogP contribution in [0.25, 0.3) is 10.4 Å². The third-order valence-electron chi connectivity index (χ3n) is 2.49.